The molecule has 4 aromatic rings. The Labute approximate surface area is 218 Å². The number of hydrogen-bond acceptors (Lipinski definition) is 4. The van der Waals surface area contributed by atoms with Crippen LogP contribution in [0.25, 0.3) is 22.2 Å². The van der Waals surface area contributed by atoms with Crippen molar-refractivity contribution in [3.8, 4) is 11.3 Å². The number of carboxylic acid groups (broad SMARTS) is 1. The van der Waals surface area contributed by atoms with Gasteiger partial charge >= 0.3 is 35.5 Å². The Morgan fingerprint density at radius 2 is 1.91 bits per heavy atom. The van der Waals surface area contributed by atoms with Gasteiger partial charge in [-0.25, -0.2) is 14.8 Å². The van der Waals surface area contributed by atoms with E-state index in [0.29, 0.717) is 23.5 Å². The Balaban J connectivity index is 0.00000306. The number of rotatable bonds is 8. The first-order valence-electron chi connectivity index (χ1n) is 10.4. The molecule has 0 aliphatic rings. The van der Waals surface area contributed by atoms with Crippen LogP contribution < -0.4 is 0 Å². The third kappa shape index (κ3) is 5.36. The predicted octanol–water partition coefficient (Wildman–Crippen LogP) is 5.00. The molecular weight excluding hydrogens is 449 g/mol. The number of aryl methyl sites for hydroxylation is 1. The maximum absolute atomic E-state index is 11.6. The van der Waals surface area contributed by atoms with Crippen LogP contribution in [0.4, 0.5) is 0 Å². The van der Waals surface area contributed by atoms with Crippen LogP contribution in [-0.4, -0.2) is 61.5 Å². The number of halogens is 1. The molecule has 2 aromatic heterocycles. The molecule has 0 fully saturated rings. The van der Waals surface area contributed by atoms with Crippen molar-refractivity contribution in [2.24, 2.45) is 0 Å². The fraction of sp³-hybridized carbons (Fsp3) is 0.200. The average molecular weight is 472 g/mol. The summed E-state index contributed by atoms with van der Waals surface area (Å²) in [6, 6.07) is 16.5. The molecule has 0 spiro atoms. The first-order chi connectivity index (χ1) is 15.5. The van der Waals surface area contributed by atoms with E-state index in [1.54, 1.807) is 24.3 Å². The van der Waals surface area contributed by atoms with Crippen LogP contribution in [0.2, 0.25) is 5.15 Å². The maximum atomic E-state index is 11.6. The first-order valence-corrected chi connectivity index (χ1v) is 10.8. The molecule has 0 amide bonds. The van der Waals surface area contributed by atoms with Gasteiger partial charge in [0.15, 0.2) is 11.4 Å². The number of aldehydes is 1. The van der Waals surface area contributed by atoms with Crippen molar-refractivity contribution in [3.63, 3.8) is 0 Å². The number of pyridine rings is 1. The van der Waals surface area contributed by atoms with Gasteiger partial charge in [-0.2, -0.15) is 0 Å². The standard InChI is InChI=1S/C25H22ClN3O3.Na.H/c1-2-3-8-23-28-24(26)22(15-30)29(23)14-16-9-11-20-17(13-16)10-12-21(27-20)18-6-4-5-7-19(18)25(31)32;;/h4-7,9-13,15H,2-3,8,14H2,1H3,(H,31,32);;. The number of imidazole rings is 1. The second-order valence-corrected chi connectivity index (χ2v) is 7.94. The van der Waals surface area contributed by atoms with Gasteiger partial charge in [0.05, 0.1) is 16.8 Å². The van der Waals surface area contributed by atoms with Gasteiger partial charge in [0.25, 0.3) is 0 Å². The summed E-state index contributed by atoms with van der Waals surface area (Å²) in [7, 11) is 0. The second kappa shape index (κ2) is 11.1. The normalized spacial score (nSPS) is 10.7. The molecule has 6 nitrogen and oxygen atoms in total. The van der Waals surface area contributed by atoms with Gasteiger partial charge in [-0.1, -0.05) is 55.3 Å². The number of carbonyl (C=O) groups excluding carboxylic acids is 1. The van der Waals surface area contributed by atoms with Gasteiger partial charge in [0.2, 0.25) is 0 Å². The summed E-state index contributed by atoms with van der Waals surface area (Å²) in [5.41, 5.74) is 3.54. The molecule has 0 bridgehead atoms. The number of hydrogen-bond donors (Lipinski definition) is 1. The van der Waals surface area contributed by atoms with Crippen molar-refractivity contribution in [3.05, 3.63) is 82.4 Å². The van der Waals surface area contributed by atoms with Crippen molar-refractivity contribution in [2.75, 3.05) is 0 Å². The Bertz CT molecular complexity index is 1320. The van der Waals surface area contributed by atoms with Crippen molar-refractivity contribution in [1.29, 1.82) is 0 Å². The molecular formula is C25H23ClN3NaO3. The number of carboxylic acids is 1. The fourth-order valence-electron chi connectivity index (χ4n) is 3.79. The van der Waals surface area contributed by atoms with Gasteiger partial charge < -0.3 is 9.67 Å². The Morgan fingerprint density at radius 1 is 1.12 bits per heavy atom. The molecule has 0 saturated heterocycles. The van der Waals surface area contributed by atoms with Crippen molar-refractivity contribution in [1.82, 2.24) is 14.5 Å². The summed E-state index contributed by atoms with van der Waals surface area (Å²) in [5.74, 6) is -0.181. The molecule has 0 unspecified atom stereocenters. The van der Waals surface area contributed by atoms with E-state index in [1.807, 2.05) is 34.9 Å². The number of fused-ring (bicyclic) bond motifs is 1. The molecule has 4 rings (SSSR count). The number of carbonyl (C=O) groups is 2. The third-order valence-corrected chi connectivity index (χ3v) is 5.71. The van der Waals surface area contributed by atoms with Gasteiger partial charge in [-0.3, -0.25) is 4.79 Å². The van der Waals surface area contributed by atoms with Gasteiger partial charge in [-0.05, 0) is 36.2 Å². The van der Waals surface area contributed by atoms with E-state index in [9.17, 15) is 14.7 Å². The number of aromatic carboxylic acids is 1. The zero-order valence-corrected chi connectivity index (χ0v) is 18.3. The van der Waals surface area contributed by atoms with Crippen molar-refractivity contribution >= 4 is 64.3 Å². The van der Waals surface area contributed by atoms with E-state index in [4.69, 9.17) is 11.6 Å². The predicted molar refractivity (Wildman–Crippen MR) is 132 cm³/mol. The van der Waals surface area contributed by atoms with Gasteiger partial charge in [-0.15, -0.1) is 0 Å². The van der Waals surface area contributed by atoms with E-state index in [-0.39, 0.29) is 40.3 Å². The molecule has 2 aromatic carbocycles. The zero-order chi connectivity index (χ0) is 22.7. The summed E-state index contributed by atoms with van der Waals surface area (Å²) in [5, 5.41) is 10.6. The molecule has 0 atom stereocenters. The molecule has 0 aliphatic heterocycles. The van der Waals surface area contributed by atoms with E-state index in [2.05, 4.69) is 16.9 Å². The number of nitrogens with zero attached hydrogens (tertiary/aromatic N) is 3. The number of benzene rings is 2. The summed E-state index contributed by atoms with van der Waals surface area (Å²) in [6.07, 6.45) is 3.49. The van der Waals surface area contributed by atoms with Crippen LogP contribution in [0.3, 0.4) is 0 Å². The quantitative estimate of drug-likeness (QED) is 0.288. The summed E-state index contributed by atoms with van der Waals surface area (Å²) >= 11 is 6.19. The van der Waals surface area contributed by atoms with E-state index < -0.39 is 5.97 Å². The minimum atomic E-state index is -0.985. The topological polar surface area (TPSA) is 85.1 Å². The molecule has 0 aliphatic carbocycles. The molecule has 0 radical (unpaired) electrons. The third-order valence-electron chi connectivity index (χ3n) is 5.43. The van der Waals surface area contributed by atoms with E-state index in [0.717, 1.165) is 47.8 Å². The van der Waals surface area contributed by atoms with Crippen LogP contribution in [0, 0.1) is 0 Å². The van der Waals surface area contributed by atoms with E-state index in [1.165, 1.54) is 0 Å². The van der Waals surface area contributed by atoms with E-state index >= 15 is 0 Å². The van der Waals surface area contributed by atoms with Crippen molar-refractivity contribution in [2.45, 2.75) is 32.7 Å². The van der Waals surface area contributed by atoms with Gasteiger partial charge in [0, 0.05) is 23.9 Å². The minimum absolute atomic E-state index is 0. The summed E-state index contributed by atoms with van der Waals surface area (Å²) in [6.45, 7) is 2.58. The van der Waals surface area contributed by atoms with Gasteiger partial charge in [0.1, 0.15) is 11.5 Å². The van der Waals surface area contributed by atoms with Crippen LogP contribution in [0.5, 0.6) is 0 Å². The fourth-order valence-corrected chi connectivity index (χ4v) is 4.04. The number of unbranched alkanes of at least 4 members (excludes halogenated alkanes) is 1. The van der Waals surface area contributed by atoms with Crippen LogP contribution in [-0.2, 0) is 13.0 Å². The Morgan fingerprint density at radius 3 is 2.64 bits per heavy atom. The molecule has 2 heterocycles. The Kier molecular flexibility index (Phi) is 8.43. The molecule has 1 N–H and O–H groups in total. The van der Waals surface area contributed by atoms with Crippen LogP contribution >= 0.6 is 11.6 Å². The molecule has 33 heavy (non-hydrogen) atoms. The Hall–Kier alpha value is -2.51. The SMILES string of the molecule is CCCCc1nc(Cl)c(C=O)n1Cc1ccc2nc(-c3ccccc3C(=O)O)ccc2c1.[NaH]. The average Bonchev–Trinajstić information content (AvgIpc) is 3.10. The monoisotopic (exact) mass is 471 g/mol. The molecule has 8 heteroatoms. The zero-order valence-electron chi connectivity index (χ0n) is 17.6. The summed E-state index contributed by atoms with van der Waals surface area (Å²) in [4.78, 5) is 32.2. The van der Waals surface area contributed by atoms with Crippen LogP contribution in [0.15, 0.2) is 54.6 Å². The first kappa shape index (κ1) is 25.1. The summed E-state index contributed by atoms with van der Waals surface area (Å²) < 4.78 is 1.87. The van der Waals surface area contributed by atoms with Crippen LogP contribution in [0.1, 0.15) is 52.0 Å². The second-order valence-electron chi connectivity index (χ2n) is 7.59. The number of aromatic nitrogens is 3. The molecule has 164 valence electrons. The van der Waals surface area contributed by atoms with Crippen molar-refractivity contribution < 1.29 is 14.7 Å². The molecule has 0 saturated carbocycles.